The van der Waals surface area contributed by atoms with Crippen LogP contribution in [0, 0.1) is 11.8 Å². The van der Waals surface area contributed by atoms with Crippen LogP contribution in [0.3, 0.4) is 0 Å². The molecule has 0 aromatic heterocycles. The van der Waals surface area contributed by atoms with Crippen LogP contribution in [0.1, 0.15) is 78.7 Å². The number of benzene rings is 1. The molecule has 0 aliphatic rings. The maximum atomic E-state index is 13.1. The molecule has 0 fully saturated rings. The summed E-state index contributed by atoms with van der Waals surface area (Å²) in [6, 6.07) is 7.85. The highest BCUT2D eigenvalue weighted by atomic mass is 31.1. The van der Waals surface area contributed by atoms with Gasteiger partial charge in [-0.05, 0) is 30.2 Å². The van der Waals surface area contributed by atoms with E-state index in [9.17, 15) is 9.36 Å². The molecule has 0 heterocycles. The molecule has 0 bridgehead atoms. The predicted molar refractivity (Wildman–Crippen MR) is 119 cm³/mol. The lowest BCUT2D eigenvalue weighted by molar-refractivity contribution is 0.206. The van der Waals surface area contributed by atoms with Gasteiger partial charge in [-0.1, -0.05) is 91.0 Å². The summed E-state index contributed by atoms with van der Waals surface area (Å²) < 4.78 is 13.1. The van der Waals surface area contributed by atoms with Crippen LogP contribution >= 0.6 is 7.80 Å². The lowest BCUT2D eigenvalue weighted by Gasteiger charge is -2.26. The van der Waals surface area contributed by atoms with E-state index in [4.69, 9.17) is 0 Å². The second-order valence-corrected chi connectivity index (χ2v) is 10.1. The fourth-order valence-electron chi connectivity index (χ4n) is 3.44. The van der Waals surface area contributed by atoms with E-state index in [1.165, 1.54) is 32.1 Å². The summed E-state index contributed by atoms with van der Waals surface area (Å²) in [5.74, 6) is 0.752. The van der Waals surface area contributed by atoms with Gasteiger partial charge in [0.15, 0.2) is 7.80 Å². The summed E-state index contributed by atoms with van der Waals surface area (Å²) in [6.07, 6.45) is 8.35. The van der Waals surface area contributed by atoms with Gasteiger partial charge in [-0.25, -0.2) is 0 Å². The second-order valence-electron chi connectivity index (χ2n) is 8.50. The molecule has 0 saturated heterocycles. The Hall–Kier alpha value is -1.08. The number of aryl methyl sites for hydroxylation is 1. The van der Waals surface area contributed by atoms with Gasteiger partial charge in [-0.15, -0.1) is 0 Å². The van der Waals surface area contributed by atoms with Crippen molar-refractivity contribution in [3.8, 4) is 0 Å². The topological polar surface area (TPSA) is 37.4 Å². The highest BCUT2D eigenvalue weighted by molar-refractivity contribution is 7.70. The number of rotatable bonds is 13. The van der Waals surface area contributed by atoms with Gasteiger partial charge < -0.3 is 9.46 Å². The van der Waals surface area contributed by atoms with Crippen LogP contribution in [-0.2, 0) is 11.0 Å². The van der Waals surface area contributed by atoms with E-state index in [2.05, 4.69) is 34.6 Å². The molecule has 0 N–H and O–H groups in total. The molecule has 27 heavy (non-hydrogen) atoms. The number of carbonyl (C=O) groups excluding carboxylic acids is 1. The third-order valence-corrected chi connectivity index (χ3v) is 6.40. The molecule has 1 aromatic rings. The van der Waals surface area contributed by atoms with Gasteiger partial charge in [-0.2, -0.15) is 0 Å². The Kier molecular flexibility index (Phi) is 11.7. The first-order valence-electron chi connectivity index (χ1n) is 10.8. The smallest absolute Gasteiger partial charge is 0.282 e. The summed E-state index contributed by atoms with van der Waals surface area (Å²) in [7, 11) is -2.48. The number of amides is 1. The van der Waals surface area contributed by atoms with Gasteiger partial charge in [0, 0.05) is 18.4 Å². The van der Waals surface area contributed by atoms with Crippen molar-refractivity contribution in [3.63, 3.8) is 0 Å². The van der Waals surface area contributed by atoms with Crippen LogP contribution < -0.4 is 5.30 Å². The molecule has 4 heteroatoms. The number of carbonyl (C=O) groups is 1. The maximum absolute atomic E-state index is 13.1. The minimum atomic E-state index is -2.48. The first kappa shape index (κ1) is 24.0. The van der Waals surface area contributed by atoms with Crippen molar-refractivity contribution in [1.82, 2.24) is 4.90 Å². The summed E-state index contributed by atoms with van der Waals surface area (Å²) in [6.45, 7) is 12.0. The largest absolute Gasteiger partial charge is 0.336 e. The van der Waals surface area contributed by atoms with Gasteiger partial charge in [0.05, 0.1) is 0 Å². The molecule has 1 aromatic carbocycles. The highest BCUT2D eigenvalue weighted by Gasteiger charge is 2.24. The van der Waals surface area contributed by atoms with Crippen molar-refractivity contribution >= 4 is 18.8 Å². The van der Waals surface area contributed by atoms with E-state index >= 15 is 0 Å². The Morgan fingerprint density at radius 1 is 0.926 bits per heavy atom. The first-order valence-corrected chi connectivity index (χ1v) is 12.2. The van der Waals surface area contributed by atoms with Crippen molar-refractivity contribution in [2.45, 2.75) is 79.6 Å². The van der Waals surface area contributed by atoms with Gasteiger partial charge in [0.2, 0.25) is 0 Å². The van der Waals surface area contributed by atoms with Crippen molar-refractivity contribution in [2.75, 3.05) is 13.1 Å². The van der Waals surface area contributed by atoms with Crippen LogP contribution in [0.5, 0.6) is 0 Å². The summed E-state index contributed by atoms with van der Waals surface area (Å²) in [5, 5.41) is 0.776. The average molecular weight is 394 g/mol. The number of nitrogens with zero attached hydrogens (tertiary/aromatic N) is 1. The molecule has 1 unspecified atom stereocenters. The van der Waals surface area contributed by atoms with Gasteiger partial charge in [-0.3, -0.25) is 4.79 Å². The zero-order chi connectivity index (χ0) is 20.2. The van der Waals surface area contributed by atoms with E-state index in [-0.39, 0.29) is 5.65 Å². The van der Waals surface area contributed by atoms with Crippen LogP contribution in [0.4, 0.5) is 4.79 Å². The number of unbranched alkanes of at least 4 members (excludes halogenated alkanes) is 5. The van der Waals surface area contributed by atoms with Crippen molar-refractivity contribution in [2.24, 2.45) is 11.8 Å². The van der Waals surface area contributed by atoms with E-state index in [1.807, 2.05) is 29.2 Å². The van der Waals surface area contributed by atoms with Crippen LogP contribution in [0.2, 0.25) is 0 Å². The molecule has 1 amide bonds. The normalized spacial score (nSPS) is 12.6. The van der Waals surface area contributed by atoms with Gasteiger partial charge >= 0.3 is 0 Å². The molecule has 1 atom stereocenters. The molecule has 0 aliphatic heterocycles. The van der Waals surface area contributed by atoms with Crippen LogP contribution in [-0.4, -0.2) is 23.6 Å². The molecule has 0 saturated carbocycles. The van der Waals surface area contributed by atoms with E-state index < -0.39 is 7.80 Å². The van der Waals surface area contributed by atoms with E-state index in [1.54, 1.807) is 0 Å². The van der Waals surface area contributed by atoms with E-state index in [0.29, 0.717) is 24.9 Å². The standard InChI is InChI=1S/C23H40NO2P/c1-6-7-8-9-10-11-14-21-15-12-13-16-22(21)27(26)23(25)24(17-19(2)3)18-20(4)5/h12-13,15-16,19-20,27H,6-11,14,17-18H2,1-5H3. The summed E-state index contributed by atoms with van der Waals surface area (Å²) >= 11 is 0. The van der Waals surface area contributed by atoms with Crippen molar-refractivity contribution in [3.05, 3.63) is 29.8 Å². The molecule has 0 radical (unpaired) electrons. The fraction of sp³-hybridized carbons (Fsp3) is 0.696. The monoisotopic (exact) mass is 393 g/mol. The lowest BCUT2D eigenvalue weighted by Crippen LogP contribution is -2.35. The van der Waals surface area contributed by atoms with Gasteiger partial charge in [0.25, 0.3) is 5.65 Å². The highest BCUT2D eigenvalue weighted by Crippen LogP contribution is 2.28. The Morgan fingerprint density at radius 3 is 2.07 bits per heavy atom. The SMILES string of the molecule is CCCCCCCCc1ccccc1[PH](=O)C(=O)N(CC(C)C)CC(C)C. The molecule has 3 nitrogen and oxygen atoms in total. The van der Waals surface area contributed by atoms with Crippen LogP contribution in [0.25, 0.3) is 0 Å². The average Bonchev–Trinajstić information content (AvgIpc) is 2.62. The Morgan fingerprint density at radius 2 is 1.48 bits per heavy atom. The predicted octanol–water partition coefficient (Wildman–Crippen LogP) is 6.51. The third kappa shape index (κ3) is 9.10. The van der Waals surface area contributed by atoms with Crippen molar-refractivity contribution in [1.29, 1.82) is 0 Å². The maximum Gasteiger partial charge on any atom is 0.282 e. The zero-order valence-electron chi connectivity index (χ0n) is 18.1. The van der Waals surface area contributed by atoms with Crippen LogP contribution in [0.15, 0.2) is 24.3 Å². The Balaban J connectivity index is 2.78. The second kappa shape index (κ2) is 13.2. The summed E-state index contributed by atoms with van der Waals surface area (Å²) in [5.41, 5.74) is 0.928. The molecular formula is C23H40NO2P. The van der Waals surface area contributed by atoms with E-state index in [0.717, 1.165) is 23.7 Å². The third-order valence-electron chi connectivity index (χ3n) is 4.71. The fourth-order valence-corrected chi connectivity index (χ4v) is 4.88. The minimum Gasteiger partial charge on any atom is -0.336 e. The molecule has 1 rings (SSSR count). The number of hydrogen-bond acceptors (Lipinski definition) is 2. The molecular weight excluding hydrogens is 353 g/mol. The molecule has 154 valence electrons. The molecule has 0 aliphatic carbocycles. The quantitative estimate of drug-likeness (QED) is 0.283. The Labute approximate surface area is 167 Å². The van der Waals surface area contributed by atoms with Crippen molar-refractivity contribution < 1.29 is 9.36 Å². The minimum absolute atomic E-state index is 0.169. The molecule has 0 spiro atoms. The number of hydrogen-bond donors (Lipinski definition) is 0. The zero-order valence-corrected chi connectivity index (χ0v) is 19.1. The first-order chi connectivity index (χ1) is 12.9. The van der Waals surface area contributed by atoms with Gasteiger partial charge in [0.1, 0.15) is 0 Å². The Bertz CT molecular complexity index is 573. The summed E-state index contributed by atoms with van der Waals surface area (Å²) in [4.78, 5) is 14.8. The lowest BCUT2D eigenvalue weighted by atomic mass is 10.1.